The lowest BCUT2D eigenvalue weighted by molar-refractivity contribution is -0.115. The van der Waals surface area contributed by atoms with E-state index in [0.29, 0.717) is 13.1 Å². The van der Waals surface area contributed by atoms with Crippen LogP contribution in [0, 0.1) is 6.92 Å². The number of rotatable bonds is 6. The molecule has 22 heavy (non-hydrogen) atoms. The van der Waals surface area contributed by atoms with Crippen molar-refractivity contribution in [2.45, 2.75) is 13.5 Å². The van der Waals surface area contributed by atoms with E-state index in [0.717, 1.165) is 11.4 Å². The van der Waals surface area contributed by atoms with E-state index in [2.05, 4.69) is 41.8 Å². The Morgan fingerprint density at radius 3 is 2.23 bits per heavy atom. The zero-order valence-corrected chi connectivity index (χ0v) is 13.4. The number of nitrogens with one attached hydrogen (secondary N) is 2. The van der Waals surface area contributed by atoms with Gasteiger partial charge < -0.3 is 15.5 Å². The molecule has 0 spiro atoms. The maximum atomic E-state index is 11.9. The highest BCUT2D eigenvalue weighted by Crippen LogP contribution is 2.15. The molecule has 0 aromatic heterocycles. The summed E-state index contributed by atoms with van der Waals surface area (Å²) in [7, 11) is 3.98. The first-order valence-electron chi connectivity index (χ1n) is 7.38. The maximum Gasteiger partial charge on any atom is 0.238 e. The van der Waals surface area contributed by atoms with Gasteiger partial charge >= 0.3 is 0 Å². The second kappa shape index (κ2) is 7.61. The number of benzene rings is 2. The molecule has 0 bridgehead atoms. The molecule has 0 radical (unpaired) electrons. The Hall–Kier alpha value is -2.33. The minimum absolute atomic E-state index is 0.0373. The molecule has 0 aliphatic carbocycles. The summed E-state index contributed by atoms with van der Waals surface area (Å²) in [5, 5.41) is 6.03. The van der Waals surface area contributed by atoms with Crippen molar-refractivity contribution in [3.63, 3.8) is 0 Å². The molecule has 1 amide bonds. The second-order valence-electron chi connectivity index (χ2n) is 5.58. The smallest absolute Gasteiger partial charge is 0.238 e. The summed E-state index contributed by atoms with van der Waals surface area (Å²) >= 11 is 0. The minimum atomic E-state index is -0.0373. The molecule has 2 N–H and O–H groups in total. The first kappa shape index (κ1) is 16.0. The summed E-state index contributed by atoms with van der Waals surface area (Å²) in [5.41, 5.74) is 4.33. The molecule has 0 unspecified atom stereocenters. The maximum absolute atomic E-state index is 11.9. The van der Waals surface area contributed by atoms with Gasteiger partial charge in [0.15, 0.2) is 0 Å². The van der Waals surface area contributed by atoms with E-state index in [1.165, 1.54) is 11.1 Å². The highest BCUT2D eigenvalue weighted by Gasteiger charge is 2.02. The van der Waals surface area contributed by atoms with Crippen molar-refractivity contribution in [2.75, 3.05) is 30.9 Å². The highest BCUT2D eigenvalue weighted by molar-refractivity contribution is 5.92. The molecule has 0 aliphatic rings. The van der Waals surface area contributed by atoms with Crippen LogP contribution in [0.25, 0.3) is 0 Å². The Kier molecular flexibility index (Phi) is 5.55. The Morgan fingerprint density at radius 2 is 1.64 bits per heavy atom. The molecule has 0 atom stereocenters. The van der Waals surface area contributed by atoms with E-state index in [1.54, 1.807) is 0 Å². The van der Waals surface area contributed by atoms with Crippen LogP contribution in [-0.2, 0) is 11.3 Å². The van der Waals surface area contributed by atoms with Crippen LogP contribution in [-0.4, -0.2) is 26.5 Å². The third kappa shape index (κ3) is 4.90. The van der Waals surface area contributed by atoms with Crippen LogP contribution >= 0.6 is 0 Å². The molecule has 4 nitrogen and oxygen atoms in total. The Morgan fingerprint density at radius 1 is 1.00 bits per heavy atom. The van der Waals surface area contributed by atoms with Crippen LogP contribution in [0.15, 0.2) is 48.5 Å². The van der Waals surface area contributed by atoms with Gasteiger partial charge in [0.1, 0.15) is 0 Å². The van der Waals surface area contributed by atoms with Gasteiger partial charge in [-0.2, -0.15) is 0 Å². The molecule has 0 fully saturated rings. The molecule has 2 aromatic rings. The third-order valence-electron chi connectivity index (χ3n) is 3.40. The van der Waals surface area contributed by atoms with E-state index >= 15 is 0 Å². The van der Waals surface area contributed by atoms with E-state index in [-0.39, 0.29) is 5.91 Å². The molecule has 0 aliphatic heterocycles. The fraction of sp³-hybridized carbons (Fsp3) is 0.278. The Bertz CT molecular complexity index is 603. The fourth-order valence-electron chi connectivity index (χ4n) is 2.07. The molecule has 0 saturated carbocycles. The predicted octanol–water partition coefficient (Wildman–Crippen LogP) is 2.79. The van der Waals surface area contributed by atoms with Crippen LogP contribution in [0.2, 0.25) is 0 Å². The van der Waals surface area contributed by atoms with Crippen LogP contribution < -0.4 is 15.5 Å². The number of aryl methyl sites for hydroxylation is 1. The number of carbonyl (C=O) groups is 1. The lowest BCUT2D eigenvalue weighted by Gasteiger charge is -2.13. The summed E-state index contributed by atoms with van der Waals surface area (Å²) in [6, 6.07) is 16.1. The average molecular weight is 297 g/mol. The first-order chi connectivity index (χ1) is 10.5. The topological polar surface area (TPSA) is 44.4 Å². The third-order valence-corrected chi connectivity index (χ3v) is 3.40. The molecular formula is C18H23N3O. The number of nitrogens with zero attached hydrogens (tertiary/aromatic N) is 1. The van der Waals surface area contributed by atoms with Gasteiger partial charge in [-0.25, -0.2) is 0 Å². The van der Waals surface area contributed by atoms with Gasteiger partial charge in [-0.1, -0.05) is 29.8 Å². The van der Waals surface area contributed by atoms with Crippen molar-refractivity contribution in [1.82, 2.24) is 5.32 Å². The van der Waals surface area contributed by atoms with E-state index in [9.17, 15) is 4.79 Å². The van der Waals surface area contributed by atoms with Crippen molar-refractivity contribution in [3.8, 4) is 0 Å². The van der Waals surface area contributed by atoms with Crippen molar-refractivity contribution in [1.29, 1.82) is 0 Å². The van der Waals surface area contributed by atoms with E-state index in [1.807, 2.05) is 43.3 Å². The van der Waals surface area contributed by atoms with Crippen LogP contribution in [0.3, 0.4) is 0 Å². The SMILES string of the molecule is Cc1ccc(CNCC(=O)Nc2ccc(N(C)C)cc2)cc1. The molecular weight excluding hydrogens is 274 g/mol. The first-order valence-corrected chi connectivity index (χ1v) is 7.38. The number of amides is 1. The quantitative estimate of drug-likeness (QED) is 0.862. The number of carbonyl (C=O) groups excluding carboxylic acids is 1. The van der Waals surface area contributed by atoms with Gasteiger partial charge in [-0.05, 0) is 36.8 Å². The summed E-state index contributed by atoms with van der Waals surface area (Å²) in [6.45, 7) is 3.04. The monoisotopic (exact) mass is 297 g/mol. The lowest BCUT2D eigenvalue weighted by Crippen LogP contribution is -2.27. The largest absolute Gasteiger partial charge is 0.378 e. The van der Waals surface area contributed by atoms with Gasteiger partial charge in [0.2, 0.25) is 5.91 Å². The summed E-state index contributed by atoms with van der Waals surface area (Å²) in [5.74, 6) is -0.0373. The molecule has 4 heteroatoms. The van der Waals surface area contributed by atoms with E-state index < -0.39 is 0 Å². The summed E-state index contributed by atoms with van der Waals surface area (Å²) < 4.78 is 0. The van der Waals surface area contributed by atoms with Crippen molar-refractivity contribution >= 4 is 17.3 Å². The van der Waals surface area contributed by atoms with Crippen molar-refractivity contribution in [3.05, 3.63) is 59.7 Å². The van der Waals surface area contributed by atoms with Gasteiger partial charge in [-0.15, -0.1) is 0 Å². The number of hydrogen-bond donors (Lipinski definition) is 2. The van der Waals surface area contributed by atoms with E-state index in [4.69, 9.17) is 0 Å². The van der Waals surface area contributed by atoms with Crippen molar-refractivity contribution in [2.24, 2.45) is 0 Å². The highest BCUT2D eigenvalue weighted by atomic mass is 16.1. The van der Waals surface area contributed by atoms with Gasteiger partial charge in [0.25, 0.3) is 0 Å². The zero-order chi connectivity index (χ0) is 15.9. The summed E-state index contributed by atoms with van der Waals surface area (Å²) in [4.78, 5) is 13.9. The van der Waals surface area contributed by atoms with Gasteiger partial charge in [-0.3, -0.25) is 4.79 Å². The molecule has 116 valence electrons. The molecule has 2 rings (SSSR count). The lowest BCUT2D eigenvalue weighted by atomic mass is 10.1. The average Bonchev–Trinajstić information content (AvgIpc) is 2.50. The second-order valence-corrected chi connectivity index (χ2v) is 5.58. The molecule has 0 heterocycles. The normalized spacial score (nSPS) is 10.3. The summed E-state index contributed by atoms with van der Waals surface area (Å²) in [6.07, 6.45) is 0. The Balaban J connectivity index is 1.76. The molecule has 0 saturated heterocycles. The molecule has 2 aromatic carbocycles. The zero-order valence-electron chi connectivity index (χ0n) is 13.4. The van der Waals surface area contributed by atoms with Crippen molar-refractivity contribution < 1.29 is 4.79 Å². The van der Waals surface area contributed by atoms with Gasteiger partial charge in [0, 0.05) is 32.0 Å². The van der Waals surface area contributed by atoms with Crippen LogP contribution in [0.1, 0.15) is 11.1 Å². The fourth-order valence-corrected chi connectivity index (χ4v) is 2.07. The Labute approximate surface area is 132 Å². The standard InChI is InChI=1S/C18H23N3O/c1-14-4-6-15(7-5-14)12-19-13-18(22)20-16-8-10-17(11-9-16)21(2)3/h4-11,19H,12-13H2,1-3H3,(H,20,22). The number of anilines is 2. The van der Waals surface area contributed by atoms with Crippen LogP contribution in [0.4, 0.5) is 11.4 Å². The predicted molar refractivity (Wildman–Crippen MR) is 92.3 cm³/mol. The minimum Gasteiger partial charge on any atom is -0.378 e. The van der Waals surface area contributed by atoms with Crippen LogP contribution in [0.5, 0.6) is 0 Å². The van der Waals surface area contributed by atoms with Gasteiger partial charge in [0.05, 0.1) is 6.54 Å². The number of hydrogen-bond acceptors (Lipinski definition) is 3.